The molecule has 0 radical (unpaired) electrons. The third-order valence-corrected chi connectivity index (χ3v) is 3.10. The fourth-order valence-electron chi connectivity index (χ4n) is 1.94. The Morgan fingerprint density at radius 1 is 1.53 bits per heavy atom. The third-order valence-electron chi connectivity index (χ3n) is 3.10. The first-order chi connectivity index (χ1) is 9.04. The molecule has 0 aromatic rings. The van der Waals surface area contributed by atoms with Crippen LogP contribution in [-0.2, 0) is 9.53 Å². The first kappa shape index (κ1) is 15.7. The number of aliphatic hydroxyl groups is 1. The largest absolute Gasteiger partial charge is 0.479 e. The highest BCUT2D eigenvalue weighted by molar-refractivity contribution is 5.74. The lowest BCUT2D eigenvalue weighted by Crippen LogP contribution is -2.44. The minimum Gasteiger partial charge on any atom is -0.479 e. The Balaban J connectivity index is 2.26. The molecular formula is C12H22N2O5. The highest BCUT2D eigenvalue weighted by Gasteiger charge is 2.21. The van der Waals surface area contributed by atoms with Gasteiger partial charge in [0.1, 0.15) is 0 Å². The highest BCUT2D eigenvalue weighted by atomic mass is 16.5. The van der Waals surface area contributed by atoms with Crippen LogP contribution in [0.3, 0.4) is 0 Å². The number of amides is 2. The lowest BCUT2D eigenvalue weighted by atomic mass is 10.2. The van der Waals surface area contributed by atoms with Gasteiger partial charge in [-0.3, -0.25) is 0 Å². The number of rotatable bonds is 7. The molecule has 0 aromatic heterocycles. The van der Waals surface area contributed by atoms with Gasteiger partial charge in [-0.2, -0.15) is 0 Å². The molecule has 0 bridgehead atoms. The van der Waals surface area contributed by atoms with Crippen molar-refractivity contribution in [2.45, 2.75) is 38.4 Å². The molecule has 2 atom stereocenters. The van der Waals surface area contributed by atoms with Gasteiger partial charge in [0.2, 0.25) is 0 Å². The molecule has 1 rings (SSSR count). The Morgan fingerprint density at radius 3 is 2.79 bits per heavy atom. The molecule has 1 heterocycles. The summed E-state index contributed by atoms with van der Waals surface area (Å²) in [5, 5.41) is 20.2. The Labute approximate surface area is 112 Å². The van der Waals surface area contributed by atoms with E-state index < -0.39 is 12.1 Å². The molecule has 1 unspecified atom stereocenters. The van der Waals surface area contributed by atoms with Crippen molar-refractivity contribution in [2.75, 3.05) is 26.2 Å². The molecule has 0 aromatic carbocycles. The van der Waals surface area contributed by atoms with Crippen molar-refractivity contribution in [2.24, 2.45) is 0 Å². The van der Waals surface area contributed by atoms with E-state index in [1.165, 1.54) is 0 Å². The molecule has 0 aliphatic carbocycles. The van der Waals surface area contributed by atoms with E-state index in [0.717, 1.165) is 19.4 Å². The maximum absolute atomic E-state index is 11.8. The summed E-state index contributed by atoms with van der Waals surface area (Å²) in [7, 11) is 0. The van der Waals surface area contributed by atoms with Gasteiger partial charge in [-0.1, -0.05) is 0 Å². The number of ether oxygens (including phenoxy) is 1. The average molecular weight is 274 g/mol. The number of urea groups is 1. The van der Waals surface area contributed by atoms with Gasteiger partial charge in [0.25, 0.3) is 0 Å². The number of hydrogen-bond acceptors (Lipinski definition) is 4. The molecule has 1 aliphatic rings. The Hall–Kier alpha value is -1.34. The smallest absolute Gasteiger partial charge is 0.332 e. The third kappa shape index (κ3) is 5.44. The lowest BCUT2D eigenvalue weighted by molar-refractivity contribution is -0.146. The molecule has 0 saturated carbocycles. The predicted octanol–water partition coefficient (Wildman–Crippen LogP) is 0.0325. The first-order valence-electron chi connectivity index (χ1n) is 6.59. The van der Waals surface area contributed by atoms with Crippen molar-refractivity contribution in [3.05, 3.63) is 0 Å². The molecular weight excluding hydrogens is 252 g/mol. The van der Waals surface area contributed by atoms with Crippen molar-refractivity contribution < 1.29 is 24.5 Å². The average Bonchev–Trinajstić information content (AvgIpc) is 2.88. The van der Waals surface area contributed by atoms with Crippen LogP contribution < -0.4 is 5.32 Å². The van der Waals surface area contributed by atoms with Gasteiger partial charge in [0.15, 0.2) is 6.10 Å². The predicted molar refractivity (Wildman–Crippen MR) is 67.9 cm³/mol. The van der Waals surface area contributed by atoms with E-state index in [4.69, 9.17) is 14.9 Å². The monoisotopic (exact) mass is 274 g/mol. The molecule has 0 spiro atoms. The van der Waals surface area contributed by atoms with Crippen LogP contribution in [0.1, 0.15) is 26.2 Å². The second-order valence-corrected chi connectivity index (χ2v) is 4.55. The Morgan fingerprint density at radius 2 is 2.26 bits per heavy atom. The molecule has 1 aliphatic heterocycles. The van der Waals surface area contributed by atoms with E-state index in [1.54, 1.807) is 4.90 Å². The number of hydrogen-bond donors (Lipinski definition) is 3. The minimum absolute atomic E-state index is 0.00143. The SMILES string of the molecule is CCN(CC1CCCO1)C(=O)NCC[C@H](O)C(=O)O. The lowest BCUT2D eigenvalue weighted by Gasteiger charge is -2.24. The van der Waals surface area contributed by atoms with Gasteiger partial charge < -0.3 is 25.2 Å². The van der Waals surface area contributed by atoms with Crippen LogP contribution in [0.2, 0.25) is 0 Å². The van der Waals surface area contributed by atoms with Crippen LogP contribution in [0.25, 0.3) is 0 Å². The molecule has 1 fully saturated rings. The van der Waals surface area contributed by atoms with Gasteiger partial charge >= 0.3 is 12.0 Å². The molecule has 1 saturated heterocycles. The van der Waals surface area contributed by atoms with E-state index in [1.807, 2.05) is 6.92 Å². The number of nitrogens with zero attached hydrogens (tertiary/aromatic N) is 1. The summed E-state index contributed by atoms with van der Waals surface area (Å²) >= 11 is 0. The molecule has 7 nitrogen and oxygen atoms in total. The van der Waals surface area contributed by atoms with Crippen molar-refractivity contribution in [3.63, 3.8) is 0 Å². The van der Waals surface area contributed by atoms with Crippen molar-refractivity contribution in [1.29, 1.82) is 0 Å². The normalized spacial score (nSPS) is 20.0. The first-order valence-corrected chi connectivity index (χ1v) is 6.59. The van der Waals surface area contributed by atoms with Gasteiger partial charge in [-0.15, -0.1) is 0 Å². The fraction of sp³-hybridized carbons (Fsp3) is 0.833. The number of aliphatic hydroxyl groups excluding tert-OH is 1. The second-order valence-electron chi connectivity index (χ2n) is 4.55. The van der Waals surface area contributed by atoms with Gasteiger partial charge in [0, 0.05) is 32.7 Å². The number of carbonyl (C=O) groups is 2. The number of carboxylic acids is 1. The highest BCUT2D eigenvalue weighted by Crippen LogP contribution is 2.13. The number of aliphatic carboxylic acids is 1. The van der Waals surface area contributed by atoms with Gasteiger partial charge in [-0.05, 0) is 19.8 Å². The summed E-state index contributed by atoms with van der Waals surface area (Å²) in [6.45, 7) is 3.86. The standard InChI is InChI=1S/C12H22N2O5/c1-2-14(8-9-4-3-7-19-9)12(18)13-6-5-10(15)11(16)17/h9-10,15H,2-8H2,1H3,(H,13,18)(H,16,17)/t9?,10-/m0/s1. The minimum atomic E-state index is -1.44. The van der Waals surface area contributed by atoms with Gasteiger partial charge in [-0.25, -0.2) is 9.59 Å². The number of nitrogens with one attached hydrogen (secondary N) is 1. The van der Waals surface area contributed by atoms with Crippen LogP contribution in [0.5, 0.6) is 0 Å². The van der Waals surface area contributed by atoms with Crippen LogP contribution in [0.4, 0.5) is 4.79 Å². The van der Waals surface area contributed by atoms with E-state index in [0.29, 0.717) is 13.1 Å². The zero-order chi connectivity index (χ0) is 14.3. The van der Waals surface area contributed by atoms with Crippen LogP contribution in [-0.4, -0.2) is 65.6 Å². The van der Waals surface area contributed by atoms with Crippen molar-refractivity contribution in [3.8, 4) is 0 Å². The quantitative estimate of drug-likeness (QED) is 0.608. The number of carboxylic acid groups (broad SMARTS) is 1. The molecule has 7 heteroatoms. The maximum Gasteiger partial charge on any atom is 0.332 e. The molecule has 2 amide bonds. The van der Waals surface area contributed by atoms with Crippen LogP contribution >= 0.6 is 0 Å². The summed E-state index contributed by atoms with van der Waals surface area (Å²) in [5.41, 5.74) is 0. The van der Waals surface area contributed by atoms with Gasteiger partial charge in [0.05, 0.1) is 6.10 Å². The zero-order valence-corrected chi connectivity index (χ0v) is 11.2. The summed E-state index contributed by atoms with van der Waals surface area (Å²) in [4.78, 5) is 23.9. The number of carbonyl (C=O) groups excluding carboxylic acids is 1. The summed E-state index contributed by atoms with van der Waals surface area (Å²) in [6.07, 6.45) is 0.637. The second kappa shape index (κ2) is 7.96. The van der Waals surface area contributed by atoms with E-state index >= 15 is 0 Å². The fourth-order valence-corrected chi connectivity index (χ4v) is 1.94. The topological polar surface area (TPSA) is 99.1 Å². The summed E-state index contributed by atoms with van der Waals surface area (Å²) < 4.78 is 5.47. The van der Waals surface area contributed by atoms with Crippen LogP contribution in [0.15, 0.2) is 0 Å². The van der Waals surface area contributed by atoms with E-state index in [2.05, 4.69) is 5.32 Å². The van der Waals surface area contributed by atoms with Crippen LogP contribution in [0, 0.1) is 0 Å². The Bertz CT molecular complexity index is 304. The van der Waals surface area contributed by atoms with E-state index in [-0.39, 0.29) is 25.1 Å². The summed E-state index contributed by atoms with van der Waals surface area (Å²) in [5.74, 6) is -1.28. The zero-order valence-electron chi connectivity index (χ0n) is 11.2. The van der Waals surface area contributed by atoms with E-state index in [9.17, 15) is 9.59 Å². The molecule has 110 valence electrons. The number of likely N-dealkylation sites (N-methyl/N-ethyl adjacent to an activating group) is 1. The molecule has 3 N–H and O–H groups in total. The van der Waals surface area contributed by atoms with Crippen molar-refractivity contribution >= 4 is 12.0 Å². The molecule has 19 heavy (non-hydrogen) atoms. The Kier molecular flexibility index (Phi) is 6.58. The van der Waals surface area contributed by atoms with Crippen molar-refractivity contribution in [1.82, 2.24) is 10.2 Å². The summed E-state index contributed by atoms with van der Waals surface area (Å²) in [6, 6.07) is -0.254. The maximum atomic E-state index is 11.8.